The minimum Gasteiger partial charge on any atom is -0.316 e. The summed E-state index contributed by atoms with van der Waals surface area (Å²) in [5.74, 6) is 2.20. The highest BCUT2D eigenvalue weighted by Crippen LogP contribution is 2.35. The van der Waals surface area contributed by atoms with Crippen LogP contribution in [0.2, 0.25) is 0 Å². The largest absolute Gasteiger partial charge is 0.316 e. The first kappa shape index (κ1) is 4.80. The summed E-state index contributed by atoms with van der Waals surface area (Å²) >= 11 is 0. The summed E-state index contributed by atoms with van der Waals surface area (Å²) in [4.78, 5) is 0. The molecule has 2 aliphatic rings. The summed E-state index contributed by atoms with van der Waals surface area (Å²) < 4.78 is 0. The Hall–Kier alpha value is -0.0400. The van der Waals surface area contributed by atoms with Gasteiger partial charge in [-0.2, -0.15) is 0 Å². The lowest BCUT2D eigenvalue weighted by atomic mass is 9.97. The topological polar surface area (TPSA) is 12.0 Å². The van der Waals surface area contributed by atoms with Gasteiger partial charge in [0.05, 0.1) is 0 Å². The van der Waals surface area contributed by atoms with E-state index in [1.807, 2.05) is 0 Å². The standard InChI is InChI=1S/C7H13N/c1-2-6(1)3-7-4-8-5-7/h6-8H,1-5H2. The van der Waals surface area contributed by atoms with Crippen molar-refractivity contribution in [2.24, 2.45) is 11.8 Å². The molecule has 1 aliphatic heterocycles. The first-order chi connectivity index (χ1) is 3.95. The normalized spacial score (nSPS) is 30.0. The third kappa shape index (κ3) is 0.873. The van der Waals surface area contributed by atoms with Crippen molar-refractivity contribution in [3.8, 4) is 0 Å². The van der Waals surface area contributed by atoms with E-state index in [1.165, 1.54) is 32.4 Å². The van der Waals surface area contributed by atoms with Crippen LogP contribution in [0.5, 0.6) is 0 Å². The van der Waals surface area contributed by atoms with Gasteiger partial charge in [0.15, 0.2) is 0 Å². The van der Waals surface area contributed by atoms with Gasteiger partial charge in [0, 0.05) is 0 Å². The predicted molar refractivity (Wildman–Crippen MR) is 33.7 cm³/mol. The van der Waals surface area contributed by atoms with Crippen LogP contribution in [0.1, 0.15) is 19.3 Å². The van der Waals surface area contributed by atoms with E-state index in [0.29, 0.717) is 0 Å². The second kappa shape index (κ2) is 1.73. The molecule has 1 saturated carbocycles. The Morgan fingerprint density at radius 1 is 1.12 bits per heavy atom. The summed E-state index contributed by atoms with van der Waals surface area (Å²) in [6.45, 7) is 2.60. The van der Waals surface area contributed by atoms with Crippen LogP contribution >= 0.6 is 0 Å². The highest BCUT2D eigenvalue weighted by Gasteiger charge is 2.27. The van der Waals surface area contributed by atoms with E-state index in [9.17, 15) is 0 Å². The van der Waals surface area contributed by atoms with Crippen molar-refractivity contribution in [2.45, 2.75) is 19.3 Å². The molecule has 8 heavy (non-hydrogen) atoms. The van der Waals surface area contributed by atoms with E-state index in [0.717, 1.165) is 11.8 Å². The molecule has 0 spiro atoms. The molecule has 1 N–H and O–H groups in total. The first-order valence-corrected chi connectivity index (χ1v) is 3.66. The van der Waals surface area contributed by atoms with Crippen molar-refractivity contribution in [1.29, 1.82) is 0 Å². The van der Waals surface area contributed by atoms with Crippen molar-refractivity contribution < 1.29 is 0 Å². The van der Waals surface area contributed by atoms with Gasteiger partial charge < -0.3 is 5.32 Å². The molecule has 0 atom stereocenters. The maximum absolute atomic E-state index is 3.29. The third-order valence-electron chi connectivity index (χ3n) is 2.23. The van der Waals surface area contributed by atoms with Crippen molar-refractivity contribution in [2.75, 3.05) is 13.1 Å². The SMILES string of the molecule is C1CC1CC1CNC1. The van der Waals surface area contributed by atoms with Crippen LogP contribution in [0.15, 0.2) is 0 Å². The molecule has 1 heterocycles. The lowest BCUT2D eigenvalue weighted by Gasteiger charge is -2.26. The first-order valence-electron chi connectivity index (χ1n) is 3.66. The Bertz CT molecular complexity index is 82.4. The van der Waals surface area contributed by atoms with Crippen LogP contribution in [0.4, 0.5) is 0 Å². The van der Waals surface area contributed by atoms with Gasteiger partial charge in [-0.05, 0) is 31.3 Å². The van der Waals surface area contributed by atoms with E-state index in [-0.39, 0.29) is 0 Å². The van der Waals surface area contributed by atoms with Gasteiger partial charge >= 0.3 is 0 Å². The van der Waals surface area contributed by atoms with Gasteiger partial charge in [-0.3, -0.25) is 0 Å². The van der Waals surface area contributed by atoms with Crippen LogP contribution in [0.25, 0.3) is 0 Å². The Labute approximate surface area is 50.5 Å². The van der Waals surface area contributed by atoms with Crippen LogP contribution in [0.3, 0.4) is 0 Å². The van der Waals surface area contributed by atoms with Gasteiger partial charge in [0.2, 0.25) is 0 Å². The number of nitrogens with one attached hydrogen (secondary N) is 1. The summed E-state index contributed by atoms with van der Waals surface area (Å²) in [6.07, 6.45) is 4.57. The van der Waals surface area contributed by atoms with E-state index in [4.69, 9.17) is 0 Å². The fourth-order valence-corrected chi connectivity index (χ4v) is 1.34. The minimum atomic E-state index is 1.06. The second-order valence-corrected chi connectivity index (χ2v) is 3.20. The summed E-state index contributed by atoms with van der Waals surface area (Å²) in [6, 6.07) is 0. The van der Waals surface area contributed by atoms with Gasteiger partial charge in [-0.15, -0.1) is 0 Å². The molecule has 0 amide bonds. The second-order valence-electron chi connectivity index (χ2n) is 3.20. The predicted octanol–water partition coefficient (Wildman–Crippen LogP) is 1.01. The van der Waals surface area contributed by atoms with Gasteiger partial charge in [-0.1, -0.05) is 12.8 Å². The molecule has 1 heteroatoms. The van der Waals surface area contributed by atoms with E-state index in [2.05, 4.69) is 5.32 Å². The Balaban J connectivity index is 1.66. The fourth-order valence-electron chi connectivity index (χ4n) is 1.34. The van der Waals surface area contributed by atoms with Crippen molar-refractivity contribution in [1.82, 2.24) is 5.32 Å². The minimum absolute atomic E-state index is 1.06. The average Bonchev–Trinajstić information content (AvgIpc) is 2.36. The monoisotopic (exact) mass is 111 g/mol. The molecule has 2 fully saturated rings. The smallest absolute Gasteiger partial charge is 0.000815 e. The lowest BCUT2D eigenvalue weighted by Crippen LogP contribution is -2.42. The molecular weight excluding hydrogens is 98.1 g/mol. The molecule has 0 radical (unpaired) electrons. The lowest BCUT2D eigenvalue weighted by molar-refractivity contribution is 0.313. The van der Waals surface area contributed by atoms with E-state index < -0.39 is 0 Å². The summed E-state index contributed by atoms with van der Waals surface area (Å²) in [5.41, 5.74) is 0. The van der Waals surface area contributed by atoms with Crippen LogP contribution in [-0.4, -0.2) is 13.1 Å². The fraction of sp³-hybridized carbons (Fsp3) is 1.00. The molecular formula is C7H13N. The summed E-state index contributed by atoms with van der Waals surface area (Å²) in [7, 11) is 0. The summed E-state index contributed by atoms with van der Waals surface area (Å²) in [5, 5.41) is 3.29. The van der Waals surface area contributed by atoms with E-state index >= 15 is 0 Å². The quantitative estimate of drug-likeness (QED) is 0.560. The maximum atomic E-state index is 3.29. The highest BCUT2D eigenvalue weighted by molar-refractivity contribution is 4.82. The molecule has 46 valence electrons. The molecule has 1 nitrogen and oxygen atoms in total. The zero-order valence-corrected chi connectivity index (χ0v) is 5.19. The number of hydrogen-bond acceptors (Lipinski definition) is 1. The Morgan fingerprint density at radius 2 is 1.88 bits per heavy atom. The van der Waals surface area contributed by atoms with Crippen molar-refractivity contribution in [3.05, 3.63) is 0 Å². The van der Waals surface area contributed by atoms with Crippen molar-refractivity contribution in [3.63, 3.8) is 0 Å². The molecule has 0 aromatic carbocycles. The molecule has 0 bridgehead atoms. The van der Waals surface area contributed by atoms with Gasteiger partial charge in [-0.25, -0.2) is 0 Å². The molecule has 0 aromatic rings. The van der Waals surface area contributed by atoms with Crippen LogP contribution < -0.4 is 5.32 Å². The molecule has 1 saturated heterocycles. The maximum Gasteiger partial charge on any atom is -0.000815 e. The number of rotatable bonds is 2. The third-order valence-corrected chi connectivity index (χ3v) is 2.23. The zero-order valence-electron chi connectivity index (χ0n) is 5.19. The number of hydrogen-bond donors (Lipinski definition) is 1. The molecule has 0 unspecified atom stereocenters. The Kier molecular flexibility index (Phi) is 1.04. The van der Waals surface area contributed by atoms with E-state index in [1.54, 1.807) is 0 Å². The Morgan fingerprint density at radius 3 is 2.25 bits per heavy atom. The van der Waals surface area contributed by atoms with Crippen LogP contribution in [0, 0.1) is 11.8 Å². The highest BCUT2D eigenvalue weighted by atomic mass is 14.9. The zero-order chi connectivity index (χ0) is 5.40. The van der Waals surface area contributed by atoms with Crippen LogP contribution in [-0.2, 0) is 0 Å². The molecule has 2 rings (SSSR count). The van der Waals surface area contributed by atoms with Gasteiger partial charge in [0.1, 0.15) is 0 Å². The van der Waals surface area contributed by atoms with Gasteiger partial charge in [0.25, 0.3) is 0 Å². The van der Waals surface area contributed by atoms with Crippen molar-refractivity contribution >= 4 is 0 Å². The average molecular weight is 111 g/mol. The molecule has 1 aliphatic carbocycles. The molecule has 0 aromatic heterocycles.